The van der Waals surface area contributed by atoms with Crippen molar-refractivity contribution >= 4 is 30.7 Å². The van der Waals surface area contributed by atoms with Crippen LogP contribution in [0.2, 0.25) is 0 Å². The first-order chi connectivity index (χ1) is 11.0. The Bertz CT molecular complexity index is 720. The van der Waals surface area contributed by atoms with Gasteiger partial charge in [-0.3, -0.25) is 9.78 Å². The number of aryl methyl sites for hydroxylation is 1. The topological polar surface area (TPSA) is 68.0 Å². The molecule has 1 fully saturated rings. The molecule has 1 atom stereocenters. The fraction of sp³-hybridized carbons (Fsp3) is 0.368. The highest BCUT2D eigenvalue weighted by molar-refractivity contribution is 5.96. The maximum absolute atomic E-state index is 12.6. The van der Waals surface area contributed by atoms with Gasteiger partial charge in [0.15, 0.2) is 0 Å². The second-order valence-corrected chi connectivity index (χ2v) is 6.55. The molecule has 1 aromatic carbocycles. The third-order valence-electron chi connectivity index (χ3n) is 4.70. The molecule has 1 amide bonds. The standard InChI is InChI=1S/C19H23N3O.2ClH/c1-13-16(18(23)22-19(2,12-20)15-8-9-15)10-11-17(21-13)14-6-4-3-5-7-14;;/h3-7,10-11,15H,8-9,12,20H2,1-2H3,(H,22,23);2*1H. The van der Waals surface area contributed by atoms with Crippen LogP contribution < -0.4 is 11.1 Å². The van der Waals surface area contributed by atoms with E-state index in [0.29, 0.717) is 18.0 Å². The summed E-state index contributed by atoms with van der Waals surface area (Å²) in [6, 6.07) is 13.7. The molecule has 25 heavy (non-hydrogen) atoms. The molecular weight excluding hydrogens is 357 g/mol. The van der Waals surface area contributed by atoms with E-state index < -0.39 is 0 Å². The van der Waals surface area contributed by atoms with Crippen LogP contribution in [-0.2, 0) is 0 Å². The summed E-state index contributed by atoms with van der Waals surface area (Å²) in [5.74, 6) is 0.405. The number of nitrogens with zero attached hydrogens (tertiary/aromatic N) is 1. The molecule has 0 spiro atoms. The number of rotatable bonds is 5. The van der Waals surface area contributed by atoms with E-state index in [4.69, 9.17) is 5.73 Å². The van der Waals surface area contributed by atoms with Gasteiger partial charge in [-0.2, -0.15) is 0 Å². The number of halogens is 2. The monoisotopic (exact) mass is 381 g/mol. The number of pyridine rings is 1. The van der Waals surface area contributed by atoms with Crippen LogP contribution >= 0.6 is 24.8 Å². The van der Waals surface area contributed by atoms with Gasteiger partial charge in [-0.25, -0.2) is 0 Å². The fourth-order valence-corrected chi connectivity index (χ4v) is 2.94. The summed E-state index contributed by atoms with van der Waals surface area (Å²) in [4.78, 5) is 17.2. The van der Waals surface area contributed by atoms with Gasteiger partial charge >= 0.3 is 0 Å². The molecule has 4 nitrogen and oxygen atoms in total. The Balaban J connectivity index is 0.00000156. The second kappa shape index (κ2) is 8.65. The number of nitrogens with one attached hydrogen (secondary N) is 1. The van der Waals surface area contributed by atoms with Crippen molar-refractivity contribution < 1.29 is 4.79 Å². The molecule has 1 saturated carbocycles. The molecule has 1 heterocycles. The van der Waals surface area contributed by atoms with Crippen LogP contribution in [0.5, 0.6) is 0 Å². The first kappa shape index (κ1) is 21.4. The van der Waals surface area contributed by atoms with Crippen molar-refractivity contribution in [2.24, 2.45) is 11.7 Å². The first-order valence-corrected chi connectivity index (χ1v) is 8.09. The van der Waals surface area contributed by atoms with Crippen LogP contribution in [0, 0.1) is 12.8 Å². The molecule has 3 N–H and O–H groups in total. The average Bonchev–Trinajstić information content (AvgIpc) is 3.40. The number of hydrogen-bond donors (Lipinski definition) is 2. The minimum absolute atomic E-state index is 0. The van der Waals surface area contributed by atoms with Crippen LogP contribution in [0.3, 0.4) is 0 Å². The van der Waals surface area contributed by atoms with Gasteiger partial charge in [-0.1, -0.05) is 30.3 Å². The zero-order valence-corrected chi connectivity index (χ0v) is 16.1. The number of benzene rings is 1. The van der Waals surface area contributed by atoms with Crippen molar-refractivity contribution in [2.75, 3.05) is 6.54 Å². The molecule has 3 rings (SSSR count). The molecule has 1 unspecified atom stereocenters. The first-order valence-electron chi connectivity index (χ1n) is 8.09. The van der Waals surface area contributed by atoms with E-state index in [-0.39, 0.29) is 36.3 Å². The number of amides is 1. The Morgan fingerprint density at radius 3 is 2.36 bits per heavy atom. The molecule has 0 saturated heterocycles. The van der Waals surface area contributed by atoms with Gasteiger partial charge in [0, 0.05) is 12.1 Å². The van der Waals surface area contributed by atoms with Crippen molar-refractivity contribution in [1.82, 2.24) is 10.3 Å². The molecule has 136 valence electrons. The van der Waals surface area contributed by atoms with Gasteiger partial charge in [0.2, 0.25) is 0 Å². The Kier molecular flexibility index (Phi) is 7.42. The smallest absolute Gasteiger partial charge is 0.253 e. The van der Waals surface area contributed by atoms with Crippen LogP contribution in [0.1, 0.15) is 35.8 Å². The lowest BCUT2D eigenvalue weighted by atomic mass is 9.95. The summed E-state index contributed by atoms with van der Waals surface area (Å²) in [7, 11) is 0. The predicted octanol–water partition coefficient (Wildman–Crippen LogP) is 3.76. The lowest BCUT2D eigenvalue weighted by Crippen LogP contribution is -2.53. The van der Waals surface area contributed by atoms with Crippen LogP contribution in [0.25, 0.3) is 11.3 Å². The Hall–Kier alpha value is -1.62. The second-order valence-electron chi connectivity index (χ2n) is 6.55. The predicted molar refractivity (Wildman–Crippen MR) is 107 cm³/mol. The number of nitrogens with two attached hydrogens (primary N) is 1. The zero-order valence-electron chi connectivity index (χ0n) is 14.5. The minimum Gasteiger partial charge on any atom is -0.345 e. The van der Waals surface area contributed by atoms with E-state index in [9.17, 15) is 4.79 Å². The molecule has 1 aromatic heterocycles. The summed E-state index contributed by atoms with van der Waals surface area (Å²) in [5.41, 5.74) is 8.84. The van der Waals surface area contributed by atoms with Gasteiger partial charge in [-0.05, 0) is 44.7 Å². The largest absolute Gasteiger partial charge is 0.345 e. The van der Waals surface area contributed by atoms with Crippen LogP contribution in [0.15, 0.2) is 42.5 Å². The lowest BCUT2D eigenvalue weighted by Gasteiger charge is -2.29. The highest BCUT2D eigenvalue weighted by Gasteiger charge is 2.41. The van der Waals surface area contributed by atoms with E-state index in [1.807, 2.05) is 56.3 Å². The average molecular weight is 382 g/mol. The van der Waals surface area contributed by atoms with Crippen LogP contribution in [0.4, 0.5) is 0 Å². The summed E-state index contributed by atoms with van der Waals surface area (Å²) in [6.45, 7) is 4.36. The molecule has 2 aromatic rings. The molecule has 0 radical (unpaired) electrons. The van der Waals surface area contributed by atoms with E-state index in [0.717, 1.165) is 29.8 Å². The van der Waals surface area contributed by atoms with Crippen molar-refractivity contribution in [3.05, 3.63) is 53.7 Å². The number of carbonyl (C=O) groups is 1. The maximum atomic E-state index is 12.6. The van der Waals surface area contributed by atoms with Gasteiger partial charge in [0.25, 0.3) is 5.91 Å². The third-order valence-corrected chi connectivity index (χ3v) is 4.70. The van der Waals surface area contributed by atoms with Gasteiger partial charge in [0.05, 0.1) is 22.5 Å². The number of hydrogen-bond acceptors (Lipinski definition) is 3. The van der Waals surface area contributed by atoms with Crippen molar-refractivity contribution in [1.29, 1.82) is 0 Å². The normalized spacial score (nSPS) is 15.3. The van der Waals surface area contributed by atoms with Crippen molar-refractivity contribution in [3.63, 3.8) is 0 Å². The Labute approximate surface area is 161 Å². The highest BCUT2D eigenvalue weighted by Crippen LogP contribution is 2.39. The van der Waals surface area contributed by atoms with Crippen LogP contribution in [-0.4, -0.2) is 23.0 Å². The van der Waals surface area contributed by atoms with Gasteiger partial charge in [-0.15, -0.1) is 24.8 Å². The molecule has 0 bridgehead atoms. The van der Waals surface area contributed by atoms with Gasteiger partial charge in [0.1, 0.15) is 0 Å². The number of carbonyl (C=O) groups excluding carboxylic acids is 1. The third kappa shape index (κ3) is 4.72. The molecule has 1 aliphatic rings. The van der Waals surface area contributed by atoms with E-state index >= 15 is 0 Å². The van der Waals surface area contributed by atoms with E-state index in [2.05, 4.69) is 10.3 Å². The molecule has 0 aliphatic heterocycles. The molecular formula is C19H25Cl2N3O. The Morgan fingerprint density at radius 2 is 1.84 bits per heavy atom. The van der Waals surface area contributed by atoms with Crippen molar-refractivity contribution in [3.8, 4) is 11.3 Å². The highest BCUT2D eigenvalue weighted by atomic mass is 35.5. The SMILES string of the molecule is Cc1nc(-c2ccccc2)ccc1C(=O)NC(C)(CN)C1CC1.Cl.Cl. The summed E-state index contributed by atoms with van der Waals surface area (Å²) < 4.78 is 0. The lowest BCUT2D eigenvalue weighted by molar-refractivity contribution is 0.0897. The molecule has 1 aliphatic carbocycles. The maximum Gasteiger partial charge on any atom is 0.253 e. The molecule has 6 heteroatoms. The summed E-state index contributed by atoms with van der Waals surface area (Å²) in [6.07, 6.45) is 2.27. The fourth-order valence-electron chi connectivity index (χ4n) is 2.94. The quantitative estimate of drug-likeness (QED) is 0.828. The summed E-state index contributed by atoms with van der Waals surface area (Å²) in [5, 5.41) is 3.12. The van der Waals surface area contributed by atoms with Gasteiger partial charge < -0.3 is 11.1 Å². The minimum atomic E-state index is -0.318. The summed E-state index contributed by atoms with van der Waals surface area (Å²) >= 11 is 0. The van der Waals surface area contributed by atoms with E-state index in [1.54, 1.807) is 0 Å². The zero-order chi connectivity index (χ0) is 16.4. The van der Waals surface area contributed by atoms with Crippen molar-refractivity contribution in [2.45, 2.75) is 32.2 Å². The number of aromatic nitrogens is 1. The van der Waals surface area contributed by atoms with E-state index in [1.165, 1.54) is 0 Å². The Morgan fingerprint density at radius 1 is 1.20 bits per heavy atom.